The molecular weight excluding hydrogens is 220 g/mol. The van der Waals surface area contributed by atoms with Gasteiger partial charge in [0, 0.05) is 6.61 Å². The molecule has 0 bridgehead atoms. The minimum Gasteiger partial charge on any atom is -0.393 e. The van der Waals surface area contributed by atoms with E-state index in [4.69, 9.17) is 9.26 Å². The normalized spacial score (nSPS) is 13.2. The fourth-order valence-electron chi connectivity index (χ4n) is 1.57. The molecule has 1 aromatic rings. The predicted molar refractivity (Wildman–Crippen MR) is 63.4 cm³/mol. The maximum Gasteiger partial charge on any atom is 0.229 e. The van der Waals surface area contributed by atoms with E-state index >= 15 is 0 Å². The molecule has 0 saturated carbocycles. The highest BCUT2D eigenvalue weighted by Gasteiger charge is 2.13. The second-order valence-corrected chi connectivity index (χ2v) is 4.64. The largest absolute Gasteiger partial charge is 0.393 e. The van der Waals surface area contributed by atoms with E-state index in [1.807, 2.05) is 6.92 Å². The van der Waals surface area contributed by atoms with Crippen LogP contribution in [0, 0.1) is 5.92 Å². The maximum atomic E-state index is 9.74. The molecule has 1 N–H and O–H groups in total. The highest BCUT2D eigenvalue weighted by molar-refractivity contribution is 4.86. The Labute approximate surface area is 102 Å². The van der Waals surface area contributed by atoms with Gasteiger partial charge in [-0.2, -0.15) is 4.98 Å². The third kappa shape index (κ3) is 5.79. The second-order valence-electron chi connectivity index (χ2n) is 4.64. The quantitative estimate of drug-likeness (QED) is 0.706. The van der Waals surface area contributed by atoms with E-state index in [0.717, 1.165) is 12.8 Å². The number of aromatic nitrogens is 2. The highest BCUT2D eigenvalue weighted by atomic mass is 16.5. The van der Waals surface area contributed by atoms with E-state index < -0.39 is 6.10 Å². The molecule has 0 saturated heterocycles. The first-order valence-electron chi connectivity index (χ1n) is 6.19. The Morgan fingerprint density at radius 2 is 2.18 bits per heavy atom. The molecule has 0 aromatic carbocycles. The van der Waals surface area contributed by atoms with Crippen molar-refractivity contribution >= 4 is 0 Å². The molecule has 1 unspecified atom stereocenters. The van der Waals surface area contributed by atoms with E-state index in [-0.39, 0.29) is 0 Å². The van der Waals surface area contributed by atoms with Gasteiger partial charge in [-0.25, -0.2) is 0 Å². The molecule has 1 atom stereocenters. The van der Waals surface area contributed by atoms with E-state index in [0.29, 0.717) is 37.3 Å². The van der Waals surface area contributed by atoms with Crippen LogP contribution < -0.4 is 0 Å². The lowest BCUT2D eigenvalue weighted by Crippen LogP contribution is -2.13. The molecule has 0 aliphatic carbocycles. The summed E-state index contributed by atoms with van der Waals surface area (Å²) in [5.41, 5.74) is 0. The Balaban J connectivity index is 2.34. The number of rotatable bonds is 8. The SMILES string of the molecule is CCCOCc1noc(CC(O)CC(C)C)n1. The van der Waals surface area contributed by atoms with Gasteiger partial charge in [0.25, 0.3) is 0 Å². The number of hydrogen-bond donors (Lipinski definition) is 1. The second kappa shape index (κ2) is 7.40. The lowest BCUT2D eigenvalue weighted by molar-refractivity contribution is 0.114. The summed E-state index contributed by atoms with van der Waals surface area (Å²) in [6.45, 7) is 7.25. The van der Waals surface area contributed by atoms with Gasteiger partial charge in [0.1, 0.15) is 6.61 Å². The topological polar surface area (TPSA) is 68.4 Å². The van der Waals surface area contributed by atoms with Crippen LogP contribution in [0.4, 0.5) is 0 Å². The Morgan fingerprint density at radius 1 is 1.41 bits per heavy atom. The summed E-state index contributed by atoms with van der Waals surface area (Å²) >= 11 is 0. The maximum absolute atomic E-state index is 9.74. The Hall–Kier alpha value is -0.940. The van der Waals surface area contributed by atoms with Crippen LogP contribution in [0.5, 0.6) is 0 Å². The Kier molecular flexibility index (Phi) is 6.15. The fourth-order valence-corrected chi connectivity index (χ4v) is 1.57. The van der Waals surface area contributed by atoms with Gasteiger partial charge in [0.2, 0.25) is 5.89 Å². The van der Waals surface area contributed by atoms with Crippen LogP contribution in [0.3, 0.4) is 0 Å². The summed E-state index contributed by atoms with van der Waals surface area (Å²) in [7, 11) is 0. The average Bonchev–Trinajstić information content (AvgIpc) is 2.64. The molecule has 98 valence electrons. The molecule has 5 nitrogen and oxygen atoms in total. The van der Waals surface area contributed by atoms with Gasteiger partial charge in [-0.1, -0.05) is 25.9 Å². The van der Waals surface area contributed by atoms with E-state index in [2.05, 4.69) is 24.0 Å². The summed E-state index contributed by atoms with van der Waals surface area (Å²) in [6, 6.07) is 0. The molecule has 0 radical (unpaired) electrons. The van der Waals surface area contributed by atoms with E-state index in [1.165, 1.54) is 0 Å². The zero-order valence-electron chi connectivity index (χ0n) is 10.8. The van der Waals surface area contributed by atoms with Gasteiger partial charge in [0.15, 0.2) is 5.82 Å². The zero-order chi connectivity index (χ0) is 12.7. The Bertz CT molecular complexity index is 312. The standard InChI is InChI=1S/C12H22N2O3/c1-4-5-16-8-11-13-12(17-14-11)7-10(15)6-9(2)3/h9-10,15H,4-8H2,1-3H3. The van der Waals surface area contributed by atoms with Gasteiger partial charge < -0.3 is 14.4 Å². The molecule has 1 aromatic heterocycles. The summed E-state index contributed by atoms with van der Waals surface area (Å²) in [4.78, 5) is 4.17. The number of aliphatic hydroxyl groups excluding tert-OH is 1. The first-order chi connectivity index (χ1) is 8.11. The summed E-state index contributed by atoms with van der Waals surface area (Å²) < 4.78 is 10.4. The van der Waals surface area contributed by atoms with Crippen molar-refractivity contribution < 1.29 is 14.4 Å². The van der Waals surface area contributed by atoms with Crippen molar-refractivity contribution in [3.05, 3.63) is 11.7 Å². The van der Waals surface area contributed by atoms with Crippen molar-refractivity contribution in [1.29, 1.82) is 0 Å². The van der Waals surface area contributed by atoms with Crippen LogP contribution in [0.2, 0.25) is 0 Å². The van der Waals surface area contributed by atoms with Crippen LogP contribution >= 0.6 is 0 Å². The number of ether oxygens (including phenoxy) is 1. The fraction of sp³-hybridized carbons (Fsp3) is 0.833. The first-order valence-corrected chi connectivity index (χ1v) is 6.19. The van der Waals surface area contributed by atoms with Gasteiger partial charge in [-0.15, -0.1) is 0 Å². The zero-order valence-corrected chi connectivity index (χ0v) is 10.8. The van der Waals surface area contributed by atoms with Gasteiger partial charge in [-0.3, -0.25) is 0 Å². The van der Waals surface area contributed by atoms with Crippen molar-refractivity contribution in [1.82, 2.24) is 10.1 Å². The lowest BCUT2D eigenvalue weighted by atomic mass is 10.0. The highest BCUT2D eigenvalue weighted by Crippen LogP contribution is 2.10. The average molecular weight is 242 g/mol. The summed E-state index contributed by atoms with van der Waals surface area (Å²) in [6.07, 6.45) is 1.71. The molecule has 1 rings (SSSR count). The van der Waals surface area contributed by atoms with Gasteiger partial charge in [-0.05, 0) is 18.8 Å². The minimum atomic E-state index is -0.417. The van der Waals surface area contributed by atoms with Crippen LogP contribution in [0.1, 0.15) is 45.3 Å². The number of aliphatic hydroxyl groups is 1. The molecule has 0 aliphatic rings. The third-order valence-electron chi connectivity index (χ3n) is 2.24. The molecule has 0 amide bonds. The van der Waals surface area contributed by atoms with Crippen molar-refractivity contribution in [3.63, 3.8) is 0 Å². The minimum absolute atomic E-state index is 0.373. The van der Waals surface area contributed by atoms with Crippen molar-refractivity contribution in [2.24, 2.45) is 5.92 Å². The van der Waals surface area contributed by atoms with E-state index in [1.54, 1.807) is 0 Å². The van der Waals surface area contributed by atoms with Crippen molar-refractivity contribution in [2.75, 3.05) is 6.61 Å². The molecular formula is C12H22N2O3. The summed E-state index contributed by atoms with van der Waals surface area (Å²) in [5, 5.41) is 13.5. The third-order valence-corrected chi connectivity index (χ3v) is 2.24. The smallest absolute Gasteiger partial charge is 0.229 e. The molecule has 0 fully saturated rings. The summed E-state index contributed by atoms with van der Waals surface area (Å²) in [5.74, 6) is 1.48. The van der Waals surface area contributed by atoms with Gasteiger partial charge in [0.05, 0.1) is 12.5 Å². The number of nitrogens with zero attached hydrogens (tertiary/aromatic N) is 2. The first kappa shape index (κ1) is 14.1. The van der Waals surface area contributed by atoms with Gasteiger partial charge >= 0.3 is 0 Å². The Morgan fingerprint density at radius 3 is 2.82 bits per heavy atom. The van der Waals surface area contributed by atoms with E-state index in [9.17, 15) is 5.11 Å². The van der Waals surface area contributed by atoms with Crippen LogP contribution in [0.15, 0.2) is 4.52 Å². The predicted octanol–water partition coefficient (Wildman–Crippen LogP) is 1.95. The van der Waals surface area contributed by atoms with Crippen LogP contribution in [0.25, 0.3) is 0 Å². The monoisotopic (exact) mass is 242 g/mol. The van der Waals surface area contributed by atoms with Crippen LogP contribution in [-0.2, 0) is 17.8 Å². The van der Waals surface area contributed by atoms with Crippen molar-refractivity contribution in [2.45, 2.75) is 52.7 Å². The number of hydrogen-bond acceptors (Lipinski definition) is 5. The molecule has 0 spiro atoms. The molecule has 0 aliphatic heterocycles. The molecule has 17 heavy (non-hydrogen) atoms. The van der Waals surface area contributed by atoms with Crippen LogP contribution in [-0.4, -0.2) is 28.0 Å². The molecule has 1 heterocycles. The molecule has 5 heteroatoms. The van der Waals surface area contributed by atoms with Crippen molar-refractivity contribution in [3.8, 4) is 0 Å². The lowest BCUT2D eigenvalue weighted by Gasteiger charge is -2.09.